The van der Waals surface area contributed by atoms with E-state index in [9.17, 15) is 9.90 Å². The predicted octanol–water partition coefficient (Wildman–Crippen LogP) is 0.665. The summed E-state index contributed by atoms with van der Waals surface area (Å²) in [6.07, 6.45) is 3.62. The van der Waals surface area contributed by atoms with Gasteiger partial charge >= 0.3 is 29.6 Å². The van der Waals surface area contributed by atoms with Gasteiger partial charge in [-0.05, 0) is 42.8 Å². The number of nitrogens with zero attached hydrogens (tertiary/aromatic N) is 1. The zero-order chi connectivity index (χ0) is 18.5. The van der Waals surface area contributed by atoms with Crippen LogP contribution in [0, 0.1) is 0 Å². The molecule has 27 heavy (non-hydrogen) atoms. The van der Waals surface area contributed by atoms with Gasteiger partial charge in [0.25, 0.3) is 0 Å². The van der Waals surface area contributed by atoms with Crippen LogP contribution < -0.4 is 39.4 Å². The summed E-state index contributed by atoms with van der Waals surface area (Å²) in [5.74, 6) is -0.754. The van der Waals surface area contributed by atoms with E-state index in [4.69, 9.17) is 16.3 Å². The number of rotatable bonds is 6. The fourth-order valence-electron chi connectivity index (χ4n) is 2.51. The van der Waals surface area contributed by atoms with E-state index in [-0.39, 0.29) is 29.6 Å². The van der Waals surface area contributed by atoms with Gasteiger partial charge in [-0.15, -0.1) is 0 Å². The number of halogens is 1. The van der Waals surface area contributed by atoms with Crippen LogP contribution in [0.4, 0.5) is 0 Å². The van der Waals surface area contributed by atoms with E-state index in [1.54, 1.807) is 12.1 Å². The number of carbonyl (C=O) groups excluding carboxylic acids is 1. The summed E-state index contributed by atoms with van der Waals surface area (Å²) in [6, 6.07) is 16.9. The number of fused-ring (bicyclic) bond motifs is 1. The molecule has 6 heteroatoms. The minimum atomic E-state index is -1.24. The van der Waals surface area contributed by atoms with Gasteiger partial charge in [-0.2, -0.15) is 0 Å². The van der Waals surface area contributed by atoms with Crippen molar-refractivity contribution < 1.29 is 44.2 Å². The van der Waals surface area contributed by atoms with E-state index in [1.165, 1.54) is 6.92 Å². The molecular weight excluding hydrogens is 373 g/mol. The Balaban J connectivity index is 0.00000261. The summed E-state index contributed by atoms with van der Waals surface area (Å²) in [7, 11) is 0. The topological polar surface area (TPSA) is 62.2 Å². The largest absolute Gasteiger partial charge is 1.00 e. The first kappa shape index (κ1) is 21.5. The first-order valence-corrected chi connectivity index (χ1v) is 8.58. The van der Waals surface area contributed by atoms with Crippen molar-refractivity contribution in [1.82, 2.24) is 4.98 Å². The molecule has 0 aliphatic carbocycles. The van der Waals surface area contributed by atoms with Crippen molar-refractivity contribution in [3.63, 3.8) is 0 Å². The number of carbonyl (C=O) groups is 1. The molecule has 1 heterocycles. The number of allylic oxidation sites excluding steroid dienone is 1. The summed E-state index contributed by atoms with van der Waals surface area (Å²) in [5.41, 5.74) is 2.72. The molecule has 1 unspecified atom stereocenters. The molecule has 2 aromatic carbocycles. The van der Waals surface area contributed by atoms with Crippen LogP contribution in [0.5, 0.6) is 5.75 Å². The molecule has 0 N–H and O–H groups in total. The smallest absolute Gasteiger partial charge is 0.546 e. The van der Waals surface area contributed by atoms with E-state index < -0.39 is 12.1 Å². The monoisotopic (exact) mass is 389 g/mol. The van der Waals surface area contributed by atoms with Gasteiger partial charge in [0.1, 0.15) is 11.9 Å². The van der Waals surface area contributed by atoms with Gasteiger partial charge in [0.05, 0.1) is 11.5 Å². The van der Waals surface area contributed by atoms with Crippen LogP contribution in [0.3, 0.4) is 0 Å². The van der Waals surface area contributed by atoms with Crippen LogP contribution in [0.15, 0.2) is 60.7 Å². The first-order chi connectivity index (χ1) is 12.5. The van der Waals surface area contributed by atoms with Crippen molar-refractivity contribution in [3.8, 4) is 5.75 Å². The van der Waals surface area contributed by atoms with Gasteiger partial charge in [-0.3, -0.25) is 4.98 Å². The fourth-order valence-corrected chi connectivity index (χ4v) is 2.67. The van der Waals surface area contributed by atoms with E-state index in [1.807, 2.05) is 54.6 Å². The van der Waals surface area contributed by atoms with Gasteiger partial charge in [0.15, 0.2) is 0 Å². The Morgan fingerprint density at radius 1 is 1.22 bits per heavy atom. The van der Waals surface area contributed by atoms with Gasteiger partial charge in [0, 0.05) is 22.5 Å². The SMILES string of the molecule is CC(Oc1cccc(C=CCc2ccc3ccc(Cl)cc3n2)c1)C(=O)[O-].[Na+]. The number of benzene rings is 2. The van der Waals surface area contributed by atoms with Crippen molar-refractivity contribution >= 4 is 34.5 Å². The standard InChI is InChI=1S/C21H18ClNO3.Na/c1-14(21(24)25)26-19-7-3-5-15(12-19)4-2-6-18-11-9-16-8-10-17(22)13-20(16)23-18;/h2-5,7-14H,6H2,1H3,(H,24,25);/q;+1/p-1. The fraction of sp³-hybridized carbons (Fsp3) is 0.143. The Kier molecular flexibility index (Phi) is 7.87. The number of pyridine rings is 1. The van der Waals surface area contributed by atoms with E-state index in [0.29, 0.717) is 17.2 Å². The summed E-state index contributed by atoms with van der Waals surface area (Å²) in [5, 5.41) is 12.5. The quantitative estimate of drug-likeness (QED) is 0.581. The molecule has 0 spiro atoms. The Hall–Kier alpha value is -1.85. The Morgan fingerprint density at radius 3 is 2.78 bits per heavy atom. The van der Waals surface area contributed by atoms with Crippen molar-refractivity contribution in [3.05, 3.63) is 77.0 Å². The summed E-state index contributed by atoms with van der Waals surface area (Å²) < 4.78 is 5.32. The zero-order valence-electron chi connectivity index (χ0n) is 15.2. The van der Waals surface area contributed by atoms with Crippen LogP contribution in [-0.2, 0) is 11.2 Å². The van der Waals surface area contributed by atoms with Crippen molar-refractivity contribution in [1.29, 1.82) is 0 Å². The minimum Gasteiger partial charge on any atom is -0.546 e. The van der Waals surface area contributed by atoms with Crippen molar-refractivity contribution in [2.24, 2.45) is 0 Å². The van der Waals surface area contributed by atoms with Crippen LogP contribution in [0.1, 0.15) is 18.2 Å². The summed E-state index contributed by atoms with van der Waals surface area (Å²) in [6.45, 7) is 1.44. The number of hydrogen-bond donors (Lipinski definition) is 0. The average molecular weight is 390 g/mol. The molecule has 1 atom stereocenters. The number of carboxylic acid groups (broad SMARTS) is 1. The van der Waals surface area contributed by atoms with Gasteiger partial charge < -0.3 is 14.6 Å². The second-order valence-corrected chi connectivity index (χ2v) is 6.33. The minimum absolute atomic E-state index is 0. The summed E-state index contributed by atoms with van der Waals surface area (Å²) in [4.78, 5) is 15.4. The molecule has 3 aromatic rings. The van der Waals surface area contributed by atoms with Crippen LogP contribution >= 0.6 is 11.6 Å². The van der Waals surface area contributed by atoms with Gasteiger partial charge in [-0.1, -0.05) is 48.0 Å². The molecule has 0 amide bonds. The van der Waals surface area contributed by atoms with Crippen LogP contribution in [-0.4, -0.2) is 17.1 Å². The molecule has 0 bridgehead atoms. The Morgan fingerprint density at radius 2 is 2.00 bits per heavy atom. The van der Waals surface area contributed by atoms with E-state index in [0.717, 1.165) is 22.2 Å². The number of ether oxygens (including phenoxy) is 1. The molecule has 0 saturated heterocycles. The third-order valence-corrected chi connectivity index (χ3v) is 4.09. The molecule has 0 aliphatic rings. The predicted molar refractivity (Wildman–Crippen MR) is 101 cm³/mol. The first-order valence-electron chi connectivity index (χ1n) is 8.20. The number of carboxylic acids is 1. The molecule has 4 nitrogen and oxygen atoms in total. The van der Waals surface area contributed by atoms with E-state index in [2.05, 4.69) is 4.98 Å². The second kappa shape index (κ2) is 9.90. The van der Waals surface area contributed by atoms with Crippen LogP contribution in [0.25, 0.3) is 17.0 Å². The molecular formula is C21H17ClNNaO3. The van der Waals surface area contributed by atoms with Gasteiger partial charge in [0.2, 0.25) is 0 Å². The number of hydrogen-bond acceptors (Lipinski definition) is 4. The Bertz CT molecular complexity index is 975. The molecule has 3 rings (SSSR count). The zero-order valence-corrected chi connectivity index (χ0v) is 17.9. The third kappa shape index (κ3) is 6.08. The normalized spacial score (nSPS) is 11.9. The van der Waals surface area contributed by atoms with Crippen molar-refractivity contribution in [2.45, 2.75) is 19.4 Å². The van der Waals surface area contributed by atoms with Crippen LogP contribution in [0.2, 0.25) is 5.02 Å². The maximum absolute atomic E-state index is 10.8. The Labute approximate surface area is 185 Å². The molecule has 0 fully saturated rings. The molecule has 0 radical (unpaired) electrons. The number of aliphatic carboxylic acids is 1. The maximum Gasteiger partial charge on any atom is 1.00 e. The average Bonchev–Trinajstić information content (AvgIpc) is 2.61. The molecule has 0 saturated carbocycles. The summed E-state index contributed by atoms with van der Waals surface area (Å²) >= 11 is 6.02. The molecule has 1 aromatic heterocycles. The van der Waals surface area contributed by atoms with Crippen molar-refractivity contribution in [2.75, 3.05) is 0 Å². The number of aromatic nitrogens is 1. The third-order valence-electron chi connectivity index (χ3n) is 3.85. The molecule has 0 aliphatic heterocycles. The van der Waals surface area contributed by atoms with E-state index >= 15 is 0 Å². The van der Waals surface area contributed by atoms with Gasteiger partial charge in [-0.25, -0.2) is 0 Å². The maximum atomic E-state index is 10.8. The second-order valence-electron chi connectivity index (χ2n) is 5.90. The molecule has 132 valence electrons.